The summed E-state index contributed by atoms with van der Waals surface area (Å²) in [4.78, 5) is 0. The first-order valence-electron chi connectivity index (χ1n) is 3.13. The Bertz CT molecular complexity index is 77.4. The summed E-state index contributed by atoms with van der Waals surface area (Å²) in [5.41, 5.74) is 4.71. The average Bonchev–Trinajstić information content (AvgIpc) is 1.90. The van der Waals surface area contributed by atoms with Crippen LogP contribution in [0, 0.1) is 0 Å². The number of piperazine rings is 1. The summed E-state index contributed by atoms with van der Waals surface area (Å²) in [6.07, 6.45) is 0. The third-order valence-electron chi connectivity index (χ3n) is 0.957. The maximum Gasteiger partial charge on any atom is 0.128 e. The lowest BCUT2D eigenvalue weighted by molar-refractivity contribution is 0.534. The number of hydrogen-bond acceptors (Lipinski definition) is 3. The van der Waals surface area contributed by atoms with E-state index in [4.69, 9.17) is 5.73 Å². The largest absolute Gasteiger partial charge is 0.385 e. The molecule has 0 unspecified atom stereocenters. The zero-order valence-electron chi connectivity index (χ0n) is 5.76. The number of rotatable bonds is 0. The first kappa shape index (κ1) is 10.2. The molecule has 1 saturated heterocycles. The van der Waals surface area contributed by atoms with E-state index in [0.29, 0.717) is 0 Å². The molecule has 0 aliphatic carbocycles. The fraction of sp³-hybridized carbons (Fsp3) is 0.800. The van der Waals surface area contributed by atoms with Crippen LogP contribution in [0.5, 0.6) is 0 Å². The van der Waals surface area contributed by atoms with Gasteiger partial charge < -0.3 is 16.4 Å². The molecule has 1 rings (SSSR count). The van der Waals surface area contributed by atoms with Gasteiger partial charge in [-0.05, 0) is 0 Å². The quantitative estimate of drug-likeness (QED) is 0.294. The van der Waals surface area contributed by atoms with Crippen molar-refractivity contribution < 1.29 is 0 Å². The highest BCUT2D eigenvalue weighted by atomic mass is 32.1. The summed E-state index contributed by atoms with van der Waals surface area (Å²) in [6, 6.07) is 0. The lowest BCUT2D eigenvalue weighted by Gasteiger charge is -2.11. The highest BCUT2D eigenvalue weighted by Gasteiger charge is 1.91. The summed E-state index contributed by atoms with van der Waals surface area (Å²) < 4.78 is 0.194. The van der Waals surface area contributed by atoms with Gasteiger partial charge in [0, 0.05) is 26.2 Å². The van der Waals surface area contributed by atoms with Crippen molar-refractivity contribution in [3.05, 3.63) is 0 Å². The van der Waals surface area contributed by atoms with E-state index in [0.717, 1.165) is 26.2 Å². The van der Waals surface area contributed by atoms with E-state index >= 15 is 0 Å². The van der Waals surface area contributed by atoms with Crippen LogP contribution < -0.4 is 16.4 Å². The van der Waals surface area contributed by atoms with Gasteiger partial charge in [0.1, 0.15) is 4.32 Å². The van der Waals surface area contributed by atoms with E-state index in [1.807, 2.05) is 0 Å². The van der Waals surface area contributed by atoms with Crippen LogP contribution in [0.4, 0.5) is 0 Å². The zero-order valence-corrected chi connectivity index (χ0v) is 7.47. The Kier molecular flexibility index (Phi) is 7.39. The van der Waals surface area contributed by atoms with Crippen molar-refractivity contribution in [2.45, 2.75) is 0 Å². The molecule has 0 aromatic rings. The van der Waals surface area contributed by atoms with Crippen molar-refractivity contribution >= 4 is 29.2 Å². The van der Waals surface area contributed by atoms with Crippen molar-refractivity contribution in [2.75, 3.05) is 26.2 Å². The summed E-state index contributed by atoms with van der Waals surface area (Å²) in [7, 11) is 0. The Hall–Kier alpha value is 0.160. The molecular weight excluding hydrogens is 166 g/mol. The minimum Gasteiger partial charge on any atom is -0.385 e. The van der Waals surface area contributed by atoms with Crippen LogP contribution in [0.15, 0.2) is 0 Å². The lowest BCUT2D eigenvalue weighted by Crippen LogP contribution is -2.39. The molecular formula is C5H13N3S2. The van der Waals surface area contributed by atoms with E-state index < -0.39 is 0 Å². The van der Waals surface area contributed by atoms with E-state index in [2.05, 4.69) is 35.5 Å². The standard InChI is InChI=1S/C4H10N2.CH3NS2/c1-2-6-4-3-5-1;2-1(3)4/h5-6H,1-4H2;(H3,2,3,4). The minimum absolute atomic E-state index is 0.194. The second kappa shape index (κ2) is 7.27. The van der Waals surface area contributed by atoms with Crippen molar-refractivity contribution in [1.29, 1.82) is 0 Å². The Balaban J connectivity index is 0.000000180. The van der Waals surface area contributed by atoms with Gasteiger partial charge in [-0.25, -0.2) is 0 Å². The molecule has 60 valence electrons. The fourth-order valence-corrected chi connectivity index (χ4v) is 0.604. The average molecular weight is 179 g/mol. The molecule has 0 atom stereocenters. The van der Waals surface area contributed by atoms with Crippen LogP contribution in [-0.2, 0) is 0 Å². The second-order valence-electron chi connectivity index (χ2n) is 1.84. The first-order valence-corrected chi connectivity index (χ1v) is 3.99. The Morgan fingerprint density at radius 1 is 1.20 bits per heavy atom. The molecule has 0 aromatic carbocycles. The van der Waals surface area contributed by atoms with Crippen LogP contribution in [0.2, 0.25) is 0 Å². The molecule has 5 heteroatoms. The summed E-state index contributed by atoms with van der Waals surface area (Å²) in [6.45, 7) is 4.56. The van der Waals surface area contributed by atoms with Crippen molar-refractivity contribution in [2.24, 2.45) is 5.73 Å². The van der Waals surface area contributed by atoms with Crippen LogP contribution in [0.1, 0.15) is 0 Å². The van der Waals surface area contributed by atoms with Gasteiger partial charge in [0.15, 0.2) is 0 Å². The molecule has 1 fully saturated rings. The lowest BCUT2D eigenvalue weighted by atomic mass is 10.4. The molecule has 3 nitrogen and oxygen atoms in total. The second-order valence-corrected chi connectivity index (χ2v) is 3.06. The van der Waals surface area contributed by atoms with Gasteiger partial charge in [-0.1, -0.05) is 12.2 Å². The molecule has 0 saturated carbocycles. The highest BCUT2D eigenvalue weighted by Crippen LogP contribution is 1.65. The predicted molar refractivity (Wildman–Crippen MR) is 51.5 cm³/mol. The van der Waals surface area contributed by atoms with E-state index in [-0.39, 0.29) is 4.32 Å². The molecule has 10 heavy (non-hydrogen) atoms. The van der Waals surface area contributed by atoms with Gasteiger partial charge in [-0.15, -0.1) is 12.6 Å². The SMILES string of the molecule is C1CNCCN1.NC(=S)S. The molecule has 0 bridgehead atoms. The highest BCUT2D eigenvalue weighted by molar-refractivity contribution is 8.10. The van der Waals surface area contributed by atoms with Crippen LogP contribution in [0.3, 0.4) is 0 Å². The molecule has 1 heterocycles. The Labute approximate surface area is 72.2 Å². The van der Waals surface area contributed by atoms with E-state index in [1.165, 1.54) is 0 Å². The summed E-state index contributed by atoms with van der Waals surface area (Å²) in [5.74, 6) is 0. The molecule has 0 spiro atoms. The normalized spacial score (nSPS) is 16.9. The number of thiocarbonyl (C=S) groups is 1. The van der Waals surface area contributed by atoms with Crippen LogP contribution in [-0.4, -0.2) is 30.5 Å². The van der Waals surface area contributed by atoms with Gasteiger partial charge in [-0.2, -0.15) is 0 Å². The van der Waals surface area contributed by atoms with Crippen molar-refractivity contribution in [3.63, 3.8) is 0 Å². The van der Waals surface area contributed by atoms with Crippen LogP contribution in [0.25, 0.3) is 0 Å². The number of hydrogen-bond donors (Lipinski definition) is 4. The topological polar surface area (TPSA) is 50.1 Å². The maximum absolute atomic E-state index is 4.71. The smallest absolute Gasteiger partial charge is 0.128 e. The molecule has 0 aromatic heterocycles. The Morgan fingerprint density at radius 3 is 1.50 bits per heavy atom. The van der Waals surface area contributed by atoms with Crippen molar-refractivity contribution in [3.8, 4) is 0 Å². The van der Waals surface area contributed by atoms with Gasteiger partial charge >= 0.3 is 0 Å². The molecule has 0 amide bonds. The van der Waals surface area contributed by atoms with Crippen LogP contribution >= 0.6 is 24.8 Å². The first-order chi connectivity index (χ1) is 4.73. The van der Waals surface area contributed by atoms with Crippen molar-refractivity contribution in [1.82, 2.24) is 10.6 Å². The van der Waals surface area contributed by atoms with Gasteiger partial charge in [0.05, 0.1) is 0 Å². The zero-order chi connectivity index (χ0) is 7.82. The molecule has 4 N–H and O–H groups in total. The molecule has 1 aliphatic heterocycles. The molecule has 1 aliphatic rings. The summed E-state index contributed by atoms with van der Waals surface area (Å²) >= 11 is 7.65. The summed E-state index contributed by atoms with van der Waals surface area (Å²) in [5, 5.41) is 6.44. The number of nitrogens with one attached hydrogen (secondary N) is 2. The minimum atomic E-state index is 0.194. The van der Waals surface area contributed by atoms with Gasteiger partial charge in [0.25, 0.3) is 0 Å². The maximum atomic E-state index is 4.71. The predicted octanol–water partition coefficient (Wildman–Crippen LogP) is -0.661. The van der Waals surface area contributed by atoms with Gasteiger partial charge in [0.2, 0.25) is 0 Å². The third-order valence-corrected chi connectivity index (χ3v) is 0.957. The van der Waals surface area contributed by atoms with E-state index in [1.54, 1.807) is 0 Å². The monoisotopic (exact) mass is 179 g/mol. The van der Waals surface area contributed by atoms with Gasteiger partial charge in [-0.3, -0.25) is 0 Å². The molecule has 0 radical (unpaired) electrons. The fourth-order valence-electron chi connectivity index (χ4n) is 0.604. The number of thiol groups is 1. The Morgan fingerprint density at radius 2 is 1.40 bits per heavy atom. The van der Waals surface area contributed by atoms with E-state index in [9.17, 15) is 0 Å². The number of nitrogens with two attached hydrogens (primary N) is 1. The third kappa shape index (κ3) is 11.0.